The lowest BCUT2D eigenvalue weighted by molar-refractivity contribution is 1.10. The fourth-order valence-corrected chi connectivity index (χ4v) is 2.38. The molecular weight excluding hydrogens is 326 g/mol. The summed E-state index contributed by atoms with van der Waals surface area (Å²) in [5.74, 6) is 1.36. The van der Waals surface area contributed by atoms with Crippen LogP contribution in [0.4, 0.5) is 0 Å². The predicted octanol–water partition coefficient (Wildman–Crippen LogP) is 4.55. The van der Waals surface area contributed by atoms with Gasteiger partial charge < -0.3 is 0 Å². The molecule has 2 aromatic carbocycles. The normalized spacial score (nSPS) is 10.6. The van der Waals surface area contributed by atoms with Crippen molar-refractivity contribution in [1.82, 2.24) is 15.2 Å². The highest BCUT2D eigenvalue weighted by molar-refractivity contribution is 9.10. The zero-order valence-corrected chi connectivity index (χ0v) is 12.1. The van der Waals surface area contributed by atoms with Crippen LogP contribution in [0, 0.1) is 0 Å². The van der Waals surface area contributed by atoms with E-state index in [2.05, 4.69) is 31.1 Å². The molecule has 0 unspecified atom stereocenters. The van der Waals surface area contributed by atoms with Crippen molar-refractivity contribution in [2.24, 2.45) is 0 Å². The summed E-state index contributed by atoms with van der Waals surface area (Å²) in [6, 6.07) is 15.4. The summed E-state index contributed by atoms with van der Waals surface area (Å²) in [4.78, 5) is 4.50. The van der Waals surface area contributed by atoms with Gasteiger partial charge in [-0.2, -0.15) is 5.10 Å². The molecule has 3 rings (SSSR count). The summed E-state index contributed by atoms with van der Waals surface area (Å²) in [5, 5.41) is 7.84. The van der Waals surface area contributed by atoms with Gasteiger partial charge in [-0.15, -0.1) is 0 Å². The monoisotopic (exact) mass is 333 g/mol. The first-order valence-electron chi connectivity index (χ1n) is 5.67. The average molecular weight is 335 g/mol. The molecular formula is C14H9BrClN3. The highest BCUT2D eigenvalue weighted by atomic mass is 79.9. The van der Waals surface area contributed by atoms with E-state index < -0.39 is 0 Å². The summed E-state index contributed by atoms with van der Waals surface area (Å²) in [6.07, 6.45) is 0. The Balaban J connectivity index is 2.04. The quantitative estimate of drug-likeness (QED) is 0.746. The van der Waals surface area contributed by atoms with E-state index in [1.165, 1.54) is 0 Å². The predicted molar refractivity (Wildman–Crippen MR) is 80.0 cm³/mol. The molecule has 0 fully saturated rings. The largest absolute Gasteiger partial charge is 0.259 e. The second-order valence-electron chi connectivity index (χ2n) is 4.00. The van der Waals surface area contributed by atoms with Crippen LogP contribution < -0.4 is 0 Å². The van der Waals surface area contributed by atoms with E-state index in [0.29, 0.717) is 16.7 Å². The van der Waals surface area contributed by atoms with Crippen molar-refractivity contribution < 1.29 is 0 Å². The fraction of sp³-hybridized carbons (Fsp3) is 0. The molecule has 94 valence electrons. The molecule has 1 aromatic heterocycles. The lowest BCUT2D eigenvalue weighted by Crippen LogP contribution is -1.83. The van der Waals surface area contributed by atoms with Gasteiger partial charge in [0.2, 0.25) is 0 Å². The Bertz CT molecular complexity index is 710. The first-order chi connectivity index (χ1) is 9.24. The van der Waals surface area contributed by atoms with E-state index in [1.54, 1.807) is 0 Å². The van der Waals surface area contributed by atoms with Crippen molar-refractivity contribution >= 4 is 27.5 Å². The van der Waals surface area contributed by atoms with Crippen LogP contribution in [0.25, 0.3) is 22.8 Å². The first kappa shape index (κ1) is 12.4. The number of aromatic amines is 1. The minimum absolute atomic E-state index is 0.663. The molecule has 0 saturated heterocycles. The molecule has 0 atom stereocenters. The minimum atomic E-state index is 0.663. The van der Waals surface area contributed by atoms with Gasteiger partial charge in [0.15, 0.2) is 11.6 Å². The van der Waals surface area contributed by atoms with Gasteiger partial charge >= 0.3 is 0 Å². The molecule has 0 saturated carbocycles. The van der Waals surface area contributed by atoms with E-state index >= 15 is 0 Å². The number of nitrogens with zero attached hydrogens (tertiary/aromatic N) is 2. The van der Waals surface area contributed by atoms with Gasteiger partial charge in [0, 0.05) is 20.6 Å². The number of hydrogen-bond donors (Lipinski definition) is 1. The lowest BCUT2D eigenvalue weighted by Gasteiger charge is -2.00. The first-order valence-corrected chi connectivity index (χ1v) is 6.84. The average Bonchev–Trinajstić information content (AvgIpc) is 2.92. The molecule has 1 heterocycles. The zero-order chi connectivity index (χ0) is 13.2. The number of H-pyrrole nitrogens is 1. The molecule has 0 aliphatic carbocycles. The Morgan fingerprint density at radius 1 is 1.05 bits per heavy atom. The Labute approximate surface area is 123 Å². The maximum absolute atomic E-state index is 6.01. The van der Waals surface area contributed by atoms with Gasteiger partial charge in [0.25, 0.3) is 0 Å². The molecule has 0 amide bonds. The van der Waals surface area contributed by atoms with E-state index in [4.69, 9.17) is 11.6 Å². The smallest absolute Gasteiger partial charge is 0.181 e. The highest BCUT2D eigenvalue weighted by Gasteiger charge is 2.10. The van der Waals surface area contributed by atoms with E-state index in [-0.39, 0.29) is 0 Å². The minimum Gasteiger partial charge on any atom is -0.259 e. The number of halogens is 2. The summed E-state index contributed by atoms with van der Waals surface area (Å²) >= 11 is 9.49. The molecule has 3 nitrogen and oxygen atoms in total. The Hall–Kier alpha value is -1.65. The van der Waals surface area contributed by atoms with Crippen LogP contribution in [0.15, 0.2) is 53.0 Å². The third-order valence-corrected chi connectivity index (χ3v) is 3.63. The molecule has 19 heavy (non-hydrogen) atoms. The van der Waals surface area contributed by atoms with E-state index in [9.17, 15) is 0 Å². The van der Waals surface area contributed by atoms with Gasteiger partial charge in [-0.25, -0.2) is 4.98 Å². The van der Waals surface area contributed by atoms with Crippen molar-refractivity contribution in [3.8, 4) is 22.8 Å². The van der Waals surface area contributed by atoms with Crippen molar-refractivity contribution in [1.29, 1.82) is 0 Å². The van der Waals surface area contributed by atoms with Crippen LogP contribution in [-0.4, -0.2) is 15.2 Å². The summed E-state index contributed by atoms with van der Waals surface area (Å²) in [7, 11) is 0. The molecule has 0 spiro atoms. The third-order valence-electron chi connectivity index (χ3n) is 2.70. The highest BCUT2D eigenvalue weighted by Crippen LogP contribution is 2.29. The van der Waals surface area contributed by atoms with E-state index in [1.807, 2.05) is 48.5 Å². The molecule has 0 aliphatic heterocycles. The molecule has 5 heteroatoms. The van der Waals surface area contributed by atoms with Gasteiger partial charge in [0.1, 0.15) is 0 Å². The van der Waals surface area contributed by atoms with Gasteiger partial charge in [-0.05, 0) is 18.2 Å². The van der Waals surface area contributed by atoms with Gasteiger partial charge in [-0.3, -0.25) is 5.10 Å². The van der Waals surface area contributed by atoms with Crippen LogP contribution in [0.1, 0.15) is 0 Å². The maximum atomic E-state index is 6.01. The maximum Gasteiger partial charge on any atom is 0.181 e. The van der Waals surface area contributed by atoms with Crippen LogP contribution >= 0.6 is 27.5 Å². The van der Waals surface area contributed by atoms with Crippen LogP contribution in [0.2, 0.25) is 5.02 Å². The molecule has 1 N–H and O–H groups in total. The molecule has 0 aliphatic rings. The van der Waals surface area contributed by atoms with Crippen LogP contribution in [0.5, 0.6) is 0 Å². The number of nitrogens with one attached hydrogen (secondary N) is 1. The second kappa shape index (κ2) is 5.15. The summed E-state index contributed by atoms with van der Waals surface area (Å²) in [6.45, 7) is 0. The van der Waals surface area contributed by atoms with Crippen molar-refractivity contribution in [2.75, 3.05) is 0 Å². The van der Waals surface area contributed by atoms with Crippen molar-refractivity contribution in [2.45, 2.75) is 0 Å². The fourth-order valence-electron chi connectivity index (χ4n) is 1.78. The topological polar surface area (TPSA) is 41.6 Å². The third kappa shape index (κ3) is 2.55. The number of rotatable bonds is 2. The molecule has 3 aromatic rings. The SMILES string of the molecule is Clc1ccc(Br)c(-c2nc(-c3ccccc3)n[nH]2)c1. The number of benzene rings is 2. The number of aromatic nitrogens is 3. The Morgan fingerprint density at radius 2 is 1.84 bits per heavy atom. The number of hydrogen-bond acceptors (Lipinski definition) is 2. The van der Waals surface area contributed by atoms with Crippen LogP contribution in [0.3, 0.4) is 0 Å². The molecule has 0 bridgehead atoms. The summed E-state index contributed by atoms with van der Waals surface area (Å²) < 4.78 is 0.924. The summed E-state index contributed by atoms with van der Waals surface area (Å²) in [5.41, 5.74) is 1.87. The zero-order valence-electron chi connectivity index (χ0n) is 9.77. The van der Waals surface area contributed by atoms with Gasteiger partial charge in [-0.1, -0.05) is 57.9 Å². The lowest BCUT2D eigenvalue weighted by atomic mass is 10.2. The standard InChI is InChI=1S/C14H9BrClN3/c15-12-7-6-10(16)8-11(12)14-17-13(18-19-14)9-4-2-1-3-5-9/h1-8H,(H,17,18,19). The van der Waals surface area contributed by atoms with E-state index in [0.717, 1.165) is 15.6 Å². The van der Waals surface area contributed by atoms with Crippen molar-refractivity contribution in [3.63, 3.8) is 0 Å². The second-order valence-corrected chi connectivity index (χ2v) is 5.29. The van der Waals surface area contributed by atoms with Crippen molar-refractivity contribution in [3.05, 3.63) is 58.0 Å². The Morgan fingerprint density at radius 3 is 2.63 bits per heavy atom. The van der Waals surface area contributed by atoms with Gasteiger partial charge in [0.05, 0.1) is 0 Å². The van der Waals surface area contributed by atoms with Crippen LogP contribution in [-0.2, 0) is 0 Å². The molecule has 0 radical (unpaired) electrons. The Kier molecular flexibility index (Phi) is 3.36.